The molecule has 17 heavy (non-hydrogen) atoms. The van der Waals surface area contributed by atoms with Crippen molar-refractivity contribution in [1.29, 1.82) is 0 Å². The second-order valence-corrected chi connectivity index (χ2v) is 4.92. The Hall–Kier alpha value is -1.62. The van der Waals surface area contributed by atoms with Crippen LogP contribution in [0.15, 0.2) is 24.8 Å². The van der Waals surface area contributed by atoms with E-state index in [2.05, 4.69) is 14.6 Å². The molecule has 0 atom stereocenters. The van der Waals surface area contributed by atoms with Gasteiger partial charge in [0.15, 0.2) is 0 Å². The van der Waals surface area contributed by atoms with Gasteiger partial charge in [-0.1, -0.05) is 0 Å². The first kappa shape index (κ1) is 11.9. The van der Waals surface area contributed by atoms with Crippen LogP contribution in [-0.4, -0.2) is 19.3 Å². The van der Waals surface area contributed by atoms with Crippen LogP contribution in [-0.2, 0) is 25.6 Å². The van der Waals surface area contributed by atoms with Crippen LogP contribution in [0.1, 0.15) is 25.2 Å². The van der Waals surface area contributed by atoms with Crippen molar-refractivity contribution in [3.8, 4) is 0 Å². The first-order valence-electron chi connectivity index (χ1n) is 5.75. The molecule has 5 nitrogen and oxygen atoms in total. The van der Waals surface area contributed by atoms with Crippen LogP contribution < -0.4 is 5.73 Å². The molecular formula is C12H19N5. The SMILES string of the molecule is Cn1ccc(CCn2cncc2C(C)(C)N)n1. The van der Waals surface area contributed by atoms with Crippen LogP contribution in [0.25, 0.3) is 0 Å². The molecule has 0 fully saturated rings. The normalized spacial score (nSPS) is 12.0. The van der Waals surface area contributed by atoms with Gasteiger partial charge < -0.3 is 10.3 Å². The first-order chi connectivity index (χ1) is 7.97. The predicted octanol–water partition coefficient (Wildman–Crippen LogP) is 1.05. The maximum atomic E-state index is 6.09. The minimum Gasteiger partial charge on any atom is -0.333 e. The minimum absolute atomic E-state index is 0.360. The lowest BCUT2D eigenvalue weighted by Gasteiger charge is -2.20. The lowest BCUT2D eigenvalue weighted by Crippen LogP contribution is -2.31. The third-order valence-electron chi connectivity index (χ3n) is 2.75. The van der Waals surface area contributed by atoms with E-state index in [-0.39, 0.29) is 5.54 Å². The molecule has 2 aromatic rings. The largest absolute Gasteiger partial charge is 0.333 e. The van der Waals surface area contributed by atoms with Crippen LogP contribution in [0, 0.1) is 0 Å². The lowest BCUT2D eigenvalue weighted by molar-refractivity contribution is 0.490. The number of imidazole rings is 1. The van der Waals surface area contributed by atoms with Gasteiger partial charge in [-0.2, -0.15) is 5.10 Å². The molecule has 0 aliphatic rings. The molecule has 0 aliphatic carbocycles. The highest BCUT2D eigenvalue weighted by Gasteiger charge is 2.18. The average molecular weight is 233 g/mol. The Balaban J connectivity index is 2.07. The van der Waals surface area contributed by atoms with Gasteiger partial charge in [0.2, 0.25) is 0 Å². The topological polar surface area (TPSA) is 61.7 Å². The van der Waals surface area contributed by atoms with Crippen molar-refractivity contribution in [3.05, 3.63) is 36.2 Å². The zero-order chi connectivity index (χ0) is 12.5. The maximum Gasteiger partial charge on any atom is 0.0948 e. The number of aryl methyl sites for hydroxylation is 3. The summed E-state index contributed by atoms with van der Waals surface area (Å²) in [5.74, 6) is 0. The van der Waals surface area contributed by atoms with Crippen molar-refractivity contribution >= 4 is 0 Å². The summed E-state index contributed by atoms with van der Waals surface area (Å²) in [6.07, 6.45) is 6.50. The predicted molar refractivity (Wildman–Crippen MR) is 66.4 cm³/mol. The Morgan fingerprint density at radius 3 is 2.76 bits per heavy atom. The highest BCUT2D eigenvalue weighted by Crippen LogP contribution is 2.16. The molecule has 0 unspecified atom stereocenters. The van der Waals surface area contributed by atoms with Crippen molar-refractivity contribution in [1.82, 2.24) is 19.3 Å². The van der Waals surface area contributed by atoms with Gasteiger partial charge in [-0.3, -0.25) is 4.68 Å². The first-order valence-corrected chi connectivity index (χ1v) is 5.75. The Labute approximate surface area is 101 Å². The highest BCUT2D eigenvalue weighted by molar-refractivity contribution is 5.10. The molecule has 0 aliphatic heterocycles. The van der Waals surface area contributed by atoms with Crippen molar-refractivity contribution in [2.75, 3.05) is 0 Å². The quantitative estimate of drug-likeness (QED) is 0.858. The Kier molecular flexibility index (Phi) is 3.02. The lowest BCUT2D eigenvalue weighted by atomic mass is 10.0. The molecule has 0 radical (unpaired) electrons. The summed E-state index contributed by atoms with van der Waals surface area (Å²) < 4.78 is 3.91. The number of hydrogen-bond acceptors (Lipinski definition) is 3. The van der Waals surface area contributed by atoms with Crippen LogP contribution >= 0.6 is 0 Å². The van der Waals surface area contributed by atoms with E-state index >= 15 is 0 Å². The van der Waals surface area contributed by atoms with E-state index in [1.165, 1.54) is 0 Å². The zero-order valence-corrected chi connectivity index (χ0v) is 10.6. The molecular weight excluding hydrogens is 214 g/mol. The number of nitrogens with two attached hydrogens (primary N) is 1. The molecule has 2 heterocycles. The fraction of sp³-hybridized carbons (Fsp3) is 0.500. The summed E-state index contributed by atoms with van der Waals surface area (Å²) in [7, 11) is 1.93. The molecule has 0 saturated carbocycles. The van der Waals surface area contributed by atoms with Gasteiger partial charge in [0.05, 0.1) is 23.3 Å². The Bertz CT molecular complexity index is 489. The standard InChI is InChI=1S/C12H19N5/c1-12(2,13)11-8-14-9-17(11)7-5-10-4-6-16(3)15-10/h4,6,8-9H,5,7,13H2,1-3H3. The van der Waals surface area contributed by atoms with Gasteiger partial charge in [0, 0.05) is 32.4 Å². The monoisotopic (exact) mass is 233 g/mol. The van der Waals surface area contributed by atoms with Gasteiger partial charge in [0.25, 0.3) is 0 Å². The summed E-state index contributed by atoms with van der Waals surface area (Å²) in [6.45, 7) is 4.83. The highest BCUT2D eigenvalue weighted by atomic mass is 15.2. The number of rotatable bonds is 4. The van der Waals surface area contributed by atoms with Crippen molar-refractivity contribution in [3.63, 3.8) is 0 Å². The summed E-state index contributed by atoms with van der Waals surface area (Å²) in [4.78, 5) is 4.16. The summed E-state index contributed by atoms with van der Waals surface area (Å²) >= 11 is 0. The molecule has 0 saturated heterocycles. The van der Waals surface area contributed by atoms with Gasteiger partial charge in [-0.15, -0.1) is 0 Å². The zero-order valence-electron chi connectivity index (χ0n) is 10.6. The smallest absolute Gasteiger partial charge is 0.0948 e. The van der Waals surface area contributed by atoms with Crippen LogP contribution in [0.4, 0.5) is 0 Å². The molecule has 0 bridgehead atoms. The molecule has 0 spiro atoms. The van der Waals surface area contributed by atoms with Crippen LogP contribution in [0.2, 0.25) is 0 Å². The van der Waals surface area contributed by atoms with Gasteiger partial charge in [-0.25, -0.2) is 4.98 Å². The van der Waals surface area contributed by atoms with Gasteiger partial charge in [-0.05, 0) is 19.9 Å². The van der Waals surface area contributed by atoms with E-state index in [9.17, 15) is 0 Å². The molecule has 0 aromatic carbocycles. The summed E-state index contributed by atoms with van der Waals surface area (Å²) in [6, 6.07) is 2.03. The molecule has 2 N–H and O–H groups in total. The van der Waals surface area contributed by atoms with E-state index in [0.717, 1.165) is 24.4 Å². The molecule has 5 heteroatoms. The maximum absolute atomic E-state index is 6.09. The van der Waals surface area contributed by atoms with Crippen LogP contribution in [0.3, 0.4) is 0 Å². The summed E-state index contributed by atoms with van der Waals surface area (Å²) in [5, 5.41) is 4.35. The average Bonchev–Trinajstić information content (AvgIpc) is 2.81. The van der Waals surface area contributed by atoms with Gasteiger partial charge >= 0.3 is 0 Å². The number of nitrogens with zero attached hydrogens (tertiary/aromatic N) is 4. The minimum atomic E-state index is -0.360. The Morgan fingerprint density at radius 2 is 2.18 bits per heavy atom. The number of aromatic nitrogens is 4. The fourth-order valence-corrected chi connectivity index (χ4v) is 1.87. The molecule has 2 aromatic heterocycles. The molecule has 92 valence electrons. The molecule has 0 amide bonds. The van der Waals surface area contributed by atoms with Gasteiger partial charge in [0.1, 0.15) is 0 Å². The van der Waals surface area contributed by atoms with E-state index in [1.54, 1.807) is 0 Å². The van der Waals surface area contributed by atoms with E-state index in [1.807, 2.05) is 50.4 Å². The van der Waals surface area contributed by atoms with Crippen molar-refractivity contribution < 1.29 is 0 Å². The summed E-state index contributed by atoms with van der Waals surface area (Å²) in [5.41, 5.74) is 7.87. The Morgan fingerprint density at radius 1 is 1.41 bits per heavy atom. The third-order valence-corrected chi connectivity index (χ3v) is 2.75. The van der Waals surface area contributed by atoms with E-state index < -0.39 is 0 Å². The third kappa shape index (κ3) is 2.74. The van der Waals surface area contributed by atoms with Crippen molar-refractivity contribution in [2.24, 2.45) is 12.8 Å². The second kappa shape index (κ2) is 4.33. The van der Waals surface area contributed by atoms with E-state index in [4.69, 9.17) is 5.73 Å². The fourth-order valence-electron chi connectivity index (χ4n) is 1.87. The molecule has 2 rings (SSSR count). The van der Waals surface area contributed by atoms with Crippen molar-refractivity contribution in [2.45, 2.75) is 32.4 Å². The number of hydrogen-bond donors (Lipinski definition) is 1. The van der Waals surface area contributed by atoms with Crippen LogP contribution in [0.5, 0.6) is 0 Å². The second-order valence-electron chi connectivity index (χ2n) is 4.92. The van der Waals surface area contributed by atoms with E-state index in [0.29, 0.717) is 0 Å².